The van der Waals surface area contributed by atoms with Crippen LogP contribution in [0.25, 0.3) is 5.57 Å². The summed E-state index contributed by atoms with van der Waals surface area (Å²) in [5.74, 6) is -0.740. The molecular formula is C20H16BrFN4O. The van der Waals surface area contributed by atoms with Crippen LogP contribution in [-0.2, 0) is 0 Å². The molecule has 136 valence electrons. The third kappa shape index (κ3) is 4.25. The fourth-order valence-electron chi connectivity index (χ4n) is 2.54. The van der Waals surface area contributed by atoms with Crippen LogP contribution in [0.1, 0.15) is 34.1 Å². The fourth-order valence-corrected chi connectivity index (χ4v) is 2.80. The number of nitrogens with one attached hydrogen (secondary N) is 1. The number of amides is 1. The first-order chi connectivity index (χ1) is 13.0. The summed E-state index contributed by atoms with van der Waals surface area (Å²) in [6.07, 6.45) is 7.40. The zero-order valence-corrected chi connectivity index (χ0v) is 16.3. The van der Waals surface area contributed by atoms with E-state index >= 15 is 0 Å². The van der Waals surface area contributed by atoms with Crippen LogP contribution in [0.15, 0.2) is 59.6 Å². The van der Waals surface area contributed by atoms with Gasteiger partial charge in [-0.05, 0) is 31.5 Å². The van der Waals surface area contributed by atoms with Crippen LogP contribution >= 0.6 is 15.9 Å². The molecule has 0 unspecified atom stereocenters. The summed E-state index contributed by atoms with van der Waals surface area (Å²) in [5, 5.41) is 2.61. The van der Waals surface area contributed by atoms with E-state index in [-0.39, 0.29) is 16.9 Å². The quantitative estimate of drug-likeness (QED) is 0.651. The Labute approximate surface area is 164 Å². The number of carbonyl (C=O) groups excluding carboxylic acids is 1. The third-order valence-corrected chi connectivity index (χ3v) is 4.54. The standard InChI is InChI=1S/C20H16BrFN4O/c1-3-15(13-4-6-14(21)7-5-13)18-10-25-19(11-24-18)26-20(27)16-8-23-9-17(22)12(16)2/h3-11H,1-2H3,(H,25,26,27)/b15-3-. The largest absolute Gasteiger partial charge is 0.305 e. The molecule has 2 heterocycles. The van der Waals surface area contributed by atoms with Crippen LogP contribution in [0.4, 0.5) is 10.2 Å². The van der Waals surface area contributed by atoms with E-state index in [0.29, 0.717) is 5.69 Å². The predicted molar refractivity (Wildman–Crippen MR) is 106 cm³/mol. The molecule has 1 amide bonds. The Morgan fingerprint density at radius 3 is 2.48 bits per heavy atom. The van der Waals surface area contributed by atoms with Crippen LogP contribution < -0.4 is 5.32 Å². The first-order valence-corrected chi connectivity index (χ1v) is 8.95. The van der Waals surface area contributed by atoms with Gasteiger partial charge in [-0.3, -0.25) is 14.8 Å². The zero-order valence-electron chi connectivity index (χ0n) is 14.7. The zero-order chi connectivity index (χ0) is 19.4. The molecule has 3 aromatic rings. The number of pyridine rings is 1. The van der Waals surface area contributed by atoms with E-state index < -0.39 is 11.7 Å². The highest BCUT2D eigenvalue weighted by atomic mass is 79.9. The molecule has 0 saturated carbocycles. The van der Waals surface area contributed by atoms with Gasteiger partial charge in [0.2, 0.25) is 0 Å². The fraction of sp³-hybridized carbons (Fsp3) is 0.100. The van der Waals surface area contributed by atoms with E-state index in [2.05, 4.69) is 36.2 Å². The summed E-state index contributed by atoms with van der Waals surface area (Å²) in [6, 6.07) is 7.87. The number of nitrogens with zero attached hydrogens (tertiary/aromatic N) is 3. The second-order valence-electron chi connectivity index (χ2n) is 5.74. The summed E-state index contributed by atoms with van der Waals surface area (Å²) < 4.78 is 14.6. The molecule has 3 rings (SSSR count). The Morgan fingerprint density at radius 2 is 1.85 bits per heavy atom. The van der Waals surface area contributed by atoms with E-state index in [9.17, 15) is 9.18 Å². The summed E-state index contributed by atoms with van der Waals surface area (Å²) in [5.41, 5.74) is 3.01. The predicted octanol–water partition coefficient (Wildman–Crippen LogP) is 4.79. The van der Waals surface area contributed by atoms with Gasteiger partial charge in [-0.2, -0.15) is 0 Å². The first kappa shape index (κ1) is 18.8. The molecule has 0 aliphatic heterocycles. The number of halogens is 2. The van der Waals surface area contributed by atoms with E-state index in [0.717, 1.165) is 21.8 Å². The number of hydrogen-bond acceptors (Lipinski definition) is 4. The number of aromatic nitrogens is 3. The summed E-state index contributed by atoms with van der Waals surface area (Å²) in [6.45, 7) is 3.45. The summed E-state index contributed by atoms with van der Waals surface area (Å²) in [4.78, 5) is 24.7. The van der Waals surface area contributed by atoms with Gasteiger partial charge in [-0.1, -0.05) is 34.1 Å². The maximum absolute atomic E-state index is 13.6. The average Bonchev–Trinajstić information content (AvgIpc) is 2.67. The molecule has 0 aliphatic rings. The van der Waals surface area contributed by atoms with Crippen molar-refractivity contribution in [2.24, 2.45) is 0 Å². The van der Waals surface area contributed by atoms with Crippen molar-refractivity contribution in [1.82, 2.24) is 15.0 Å². The molecule has 27 heavy (non-hydrogen) atoms. The van der Waals surface area contributed by atoms with Crippen LogP contribution in [0, 0.1) is 12.7 Å². The van der Waals surface area contributed by atoms with Crippen LogP contribution in [0.5, 0.6) is 0 Å². The van der Waals surface area contributed by atoms with Gasteiger partial charge in [0, 0.05) is 21.8 Å². The minimum Gasteiger partial charge on any atom is -0.305 e. The van der Waals surface area contributed by atoms with E-state index in [4.69, 9.17) is 0 Å². The Hall–Kier alpha value is -2.93. The SMILES string of the molecule is C/C=C(/c1ccc(Br)cc1)c1cnc(NC(=O)c2cncc(F)c2C)cn1. The molecule has 7 heteroatoms. The molecule has 0 aliphatic carbocycles. The van der Waals surface area contributed by atoms with E-state index in [1.807, 2.05) is 37.3 Å². The van der Waals surface area contributed by atoms with Gasteiger partial charge in [0.05, 0.1) is 29.8 Å². The van der Waals surface area contributed by atoms with Gasteiger partial charge >= 0.3 is 0 Å². The summed E-state index contributed by atoms with van der Waals surface area (Å²) in [7, 11) is 0. The first-order valence-electron chi connectivity index (χ1n) is 8.15. The topological polar surface area (TPSA) is 67.8 Å². The van der Waals surface area contributed by atoms with Crippen molar-refractivity contribution in [2.75, 3.05) is 5.32 Å². The van der Waals surface area contributed by atoms with Gasteiger partial charge < -0.3 is 5.32 Å². The second-order valence-corrected chi connectivity index (χ2v) is 6.66. The molecule has 2 aromatic heterocycles. The van der Waals surface area contributed by atoms with Crippen molar-refractivity contribution in [2.45, 2.75) is 13.8 Å². The van der Waals surface area contributed by atoms with Crippen molar-refractivity contribution >= 4 is 33.2 Å². The van der Waals surface area contributed by atoms with Crippen molar-refractivity contribution in [3.8, 4) is 0 Å². The van der Waals surface area contributed by atoms with E-state index in [1.54, 1.807) is 6.20 Å². The lowest BCUT2D eigenvalue weighted by molar-refractivity contribution is 0.102. The number of hydrogen-bond donors (Lipinski definition) is 1. The lowest BCUT2D eigenvalue weighted by Crippen LogP contribution is -2.15. The van der Waals surface area contributed by atoms with Gasteiger partial charge in [-0.25, -0.2) is 9.37 Å². The van der Waals surface area contributed by atoms with Crippen LogP contribution in [0.2, 0.25) is 0 Å². The Bertz CT molecular complexity index is 1000. The number of rotatable bonds is 4. The van der Waals surface area contributed by atoms with Crippen LogP contribution in [0.3, 0.4) is 0 Å². The third-order valence-electron chi connectivity index (χ3n) is 4.01. The highest BCUT2D eigenvalue weighted by Gasteiger charge is 2.14. The van der Waals surface area contributed by atoms with Crippen molar-refractivity contribution < 1.29 is 9.18 Å². The minimum atomic E-state index is -0.531. The lowest BCUT2D eigenvalue weighted by Gasteiger charge is -2.09. The van der Waals surface area contributed by atoms with Gasteiger partial charge in [0.1, 0.15) is 5.82 Å². The Kier molecular flexibility index (Phi) is 5.71. The number of allylic oxidation sites excluding steroid dienone is 1. The number of benzene rings is 1. The minimum absolute atomic E-state index is 0.157. The molecule has 0 spiro atoms. The smallest absolute Gasteiger partial charge is 0.258 e. The monoisotopic (exact) mass is 426 g/mol. The molecule has 5 nitrogen and oxygen atoms in total. The maximum atomic E-state index is 13.6. The van der Waals surface area contributed by atoms with Crippen molar-refractivity contribution in [3.05, 3.63) is 87.8 Å². The Morgan fingerprint density at radius 1 is 1.11 bits per heavy atom. The van der Waals surface area contributed by atoms with Gasteiger partial charge in [-0.15, -0.1) is 0 Å². The van der Waals surface area contributed by atoms with Crippen molar-refractivity contribution in [1.29, 1.82) is 0 Å². The average molecular weight is 427 g/mol. The highest BCUT2D eigenvalue weighted by Crippen LogP contribution is 2.23. The van der Waals surface area contributed by atoms with Crippen molar-refractivity contribution in [3.63, 3.8) is 0 Å². The second kappa shape index (κ2) is 8.18. The lowest BCUT2D eigenvalue weighted by atomic mass is 10.0. The van der Waals surface area contributed by atoms with Crippen LogP contribution in [-0.4, -0.2) is 20.9 Å². The molecule has 0 atom stereocenters. The maximum Gasteiger partial charge on any atom is 0.258 e. The number of carbonyl (C=O) groups is 1. The van der Waals surface area contributed by atoms with E-state index in [1.165, 1.54) is 19.3 Å². The molecule has 0 bridgehead atoms. The van der Waals surface area contributed by atoms with Gasteiger partial charge in [0.15, 0.2) is 5.82 Å². The molecule has 0 radical (unpaired) electrons. The molecule has 0 fully saturated rings. The molecule has 1 N–H and O–H groups in total. The van der Waals surface area contributed by atoms with Gasteiger partial charge in [0.25, 0.3) is 5.91 Å². The Balaban J connectivity index is 1.79. The normalized spacial score (nSPS) is 11.3. The molecule has 1 aromatic carbocycles. The number of anilines is 1. The summed E-state index contributed by atoms with van der Waals surface area (Å²) >= 11 is 3.42. The molecular weight excluding hydrogens is 411 g/mol. The molecule has 0 saturated heterocycles. The highest BCUT2D eigenvalue weighted by molar-refractivity contribution is 9.10.